The van der Waals surface area contributed by atoms with Gasteiger partial charge in [-0.2, -0.15) is 0 Å². The van der Waals surface area contributed by atoms with Crippen molar-refractivity contribution in [3.8, 4) is 0 Å². The van der Waals surface area contributed by atoms with Crippen molar-refractivity contribution in [3.05, 3.63) is 96.1 Å². The fourth-order valence-corrected chi connectivity index (χ4v) is 3.43. The number of anilines is 1. The highest BCUT2D eigenvalue weighted by atomic mass is 32.2. The van der Waals surface area contributed by atoms with Crippen LogP contribution in [0.4, 0.5) is 5.69 Å². The number of carbonyl (C=O) groups excluding carboxylic acids is 1. The maximum Gasteiger partial charge on any atom is 0.242 e. The molecule has 0 saturated carbocycles. The van der Waals surface area contributed by atoms with Crippen molar-refractivity contribution in [2.75, 3.05) is 5.32 Å². The number of benzene rings is 3. The fraction of sp³-hybridized carbons (Fsp3) is 0.0952. The first kappa shape index (κ1) is 16.3. The maximum absolute atomic E-state index is 12.9. The minimum Gasteiger partial charge on any atom is -0.325 e. The van der Waals surface area contributed by atoms with E-state index in [-0.39, 0.29) is 11.2 Å². The average molecular weight is 333 g/mol. The summed E-state index contributed by atoms with van der Waals surface area (Å²) in [6, 6.07) is 27.8. The van der Waals surface area contributed by atoms with Crippen LogP contribution < -0.4 is 5.32 Å². The predicted octanol–water partition coefficient (Wildman–Crippen LogP) is 5.47. The minimum absolute atomic E-state index is 0.0149. The van der Waals surface area contributed by atoms with Crippen LogP contribution in [-0.4, -0.2) is 5.91 Å². The zero-order valence-corrected chi connectivity index (χ0v) is 14.3. The van der Waals surface area contributed by atoms with Gasteiger partial charge in [-0.25, -0.2) is 0 Å². The molecule has 3 aromatic carbocycles. The summed E-state index contributed by atoms with van der Waals surface area (Å²) in [5, 5.41) is 2.73. The van der Waals surface area contributed by atoms with Crippen LogP contribution in [0.15, 0.2) is 89.8 Å². The van der Waals surface area contributed by atoms with Crippen LogP contribution in [0.1, 0.15) is 16.4 Å². The van der Waals surface area contributed by atoms with Gasteiger partial charge in [0.1, 0.15) is 5.25 Å². The molecule has 0 fully saturated rings. The second-order valence-electron chi connectivity index (χ2n) is 5.58. The standard InChI is InChI=1S/C21H19NOS/c1-16-12-14-18(15-13-16)22-21(23)20(17-8-4-2-5-9-17)24-19-10-6-3-7-11-19/h2-15,20H,1H3,(H,22,23)/t20-/m1/s1. The molecule has 0 aliphatic rings. The fourth-order valence-electron chi connectivity index (χ4n) is 2.38. The Bertz CT molecular complexity index is 785. The number of aryl methyl sites for hydroxylation is 1. The number of carbonyl (C=O) groups is 1. The predicted molar refractivity (Wildman–Crippen MR) is 101 cm³/mol. The van der Waals surface area contributed by atoms with Gasteiger partial charge in [0, 0.05) is 10.6 Å². The molecule has 1 N–H and O–H groups in total. The molecule has 0 unspecified atom stereocenters. The SMILES string of the molecule is Cc1ccc(NC(=O)[C@H](Sc2ccccc2)c2ccccc2)cc1. The van der Waals surface area contributed by atoms with E-state index in [4.69, 9.17) is 0 Å². The highest BCUT2D eigenvalue weighted by Gasteiger charge is 2.22. The lowest BCUT2D eigenvalue weighted by Gasteiger charge is -2.17. The highest BCUT2D eigenvalue weighted by Crippen LogP contribution is 2.36. The van der Waals surface area contributed by atoms with E-state index in [2.05, 4.69) is 5.32 Å². The summed E-state index contributed by atoms with van der Waals surface area (Å²) in [6.07, 6.45) is 0. The van der Waals surface area contributed by atoms with E-state index in [0.29, 0.717) is 0 Å². The van der Waals surface area contributed by atoms with Crippen LogP contribution in [0.5, 0.6) is 0 Å². The number of amides is 1. The molecule has 1 amide bonds. The molecule has 0 saturated heterocycles. The lowest BCUT2D eigenvalue weighted by Crippen LogP contribution is -2.19. The van der Waals surface area contributed by atoms with Crippen LogP contribution in [-0.2, 0) is 4.79 Å². The number of thioether (sulfide) groups is 1. The van der Waals surface area contributed by atoms with Gasteiger partial charge in [0.15, 0.2) is 0 Å². The molecule has 1 atom stereocenters. The first-order valence-corrected chi connectivity index (χ1v) is 8.74. The zero-order chi connectivity index (χ0) is 16.8. The maximum atomic E-state index is 12.9. The number of hydrogen-bond acceptors (Lipinski definition) is 2. The Kier molecular flexibility index (Phi) is 5.34. The second kappa shape index (κ2) is 7.84. The molecule has 0 bridgehead atoms. The van der Waals surface area contributed by atoms with E-state index in [1.165, 1.54) is 5.56 Å². The van der Waals surface area contributed by atoms with Gasteiger partial charge in [-0.15, -0.1) is 11.8 Å². The Hall–Kier alpha value is -2.52. The van der Waals surface area contributed by atoms with E-state index in [0.717, 1.165) is 16.1 Å². The largest absolute Gasteiger partial charge is 0.325 e. The van der Waals surface area contributed by atoms with Crippen molar-refractivity contribution in [1.82, 2.24) is 0 Å². The van der Waals surface area contributed by atoms with E-state index in [1.807, 2.05) is 91.9 Å². The summed E-state index contributed by atoms with van der Waals surface area (Å²) in [6.45, 7) is 2.03. The summed E-state index contributed by atoms with van der Waals surface area (Å²) in [5.41, 5.74) is 2.99. The van der Waals surface area contributed by atoms with Crippen molar-refractivity contribution in [1.29, 1.82) is 0 Å². The Labute approximate surface area is 146 Å². The van der Waals surface area contributed by atoms with Crippen LogP contribution in [0.25, 0.3) is 0 Å². The third-order valence-corrected chi connectivity index (χ3v) is 4.92. The van der Waals surface area contributed by atoms with E-state index in [1.54, 1.807) is 11.8 Å². The van der Waals surface area contributed by atoms with Crippen LogP contribution >= 0.6 is 11.8 Å². The third-order valence-electron chi connectivity index (χ3n) is 3.66. The molecular weight excluding hydrogens is 314 g/mol. The first-order chi connectivity index (χ1) is 11.7. The third kappa shape index (κ3) is 4.27. The number of nitrogens with one attached hydrogen (secondary N) is 1. The van der Waals surface area contributed by atoms with Crippen LogP contribution in [0.2, 0.25) is 0 Å². The monoisotopic (exact) mass is 333 g/mol. The van der Waals surface area contributed by atoms with Gasteiger partial charge in [0.05, 0.1) is 0 Å². The molecule has 0 aliphatic carbocycles. The summed E-state index contributed by atoms with van der Waals surface area (Å²) in [4.78, 5) is 13.9. The van der Waals surface area contributed by atoms with Crippen LogP contribution in [0.3, 0.4) is 0 Å². The highest BCUT2D eigenvalue weighted by molar-refractivity contribution is 8.00. The molecule has 3 rings (SSSR count). The van der Waals surface area contributed by atoms with Crippen molar-refractivity contribution >= 4 is 23.4 Å². The lowest BCUT2D eigenvalue weighted by atomic mass is 10.1. The summed E-state index contributed by atoms with van der Waals surface area (Å²) in [7, 11) is 0. The van der Waals surface area contributed by atoms with E-state index < -0.39 is 0 Å². The average Bonchev–Trinajstić information content (AvgIpc) is 2.63. The van der Waals surface area contributed by atoms with E-state index >= 15 is 0 Å². The first-order valence-electron chi connectivity index (χ1n) is 7.86. The molecule has 3 aromatic rings. The number of hydrogen-bond donors (Lipinski definition) is 1. The van der Waals surface area contributed by atoms with Crippen molar-refractivity contribution in [2.24, 2.45) is 0 Å². The molecule has 0 aromatic heterocycles. The Morgan fingerprint density at radius 2 is 1.42 bits per heavy atom. The van der Waals surface area contributed by atoms with Gasteiger partial charge in [-0.05, 0) is 36.8 Å². The second-order valence-corrected chi connectivity index (χ2v) is 6.76. The normalized spacial score (nSPS) is 11.7. The smallest absolute Gasteiger partial charge is 0.242 e. The lowest BCUT2D eigenvalue weighted by molar-refractivity contribution is -0.115. The minimum atomic E-state index is -0.296. The number of rotatable bonds is 5. The molecule has 0 radical (unpaired) electrons. The van der Waals surface area contributed by atoms with Crippen molar-refractivity contribution in [2.45, 2.75) is 17.1 Å². The van der Waals surface area contributed by atoms with Gasteiger partial charge in [0.25, 0.3) is 0 Å². The van der Waals surface area contributed by atoms with Crippen LogP contribution in [0, 0.1) is 6.92 Å². The Balaban J connectivity index is 1.83. The molecule has 0 aliphatic heterocycles. The molecule has 2 nitrogen and oxygen atoms in total. The van der Waals surface area contributed by atoms with Gasteiger partial charge in [-0.1, -0.05) is 66.2 Å². The topological polar surface area (TPSA) is 29.1 Å². The summed E-state index contributed by atoms with van der Waals surface area (Å²) < 4.78 is 0. The molecular formula is C21H19NOS. The Morgan fingerprint density at radius 3 is 2.04 bits per heavy atom. The molecule has 0 heterocycles. The molecule has 3 heteroatoms. The molecule has 120 valence electrons. The van der Waals surface area contributed by atoms with Gasteiger partial charge < -0.3 is 5.32 Å². The van der Waals surface area contributed by atoms with Crippen molar-refractivity contribution in [3.63, 3.8) is 0 Å². The van der Waals surface area contributed by atoms with Gasteiger partial charge >= 0.3 is 0 Å². The van der Waals surface area contributed by atoms with Gasteiger partial charge in [0.2, 0.25) is 5.91 Å². The summed E-state index contributed by atoms with van der Waals surface area (Å²) in [5.74, 6) is -0.0149. The van der Waals surface area contributed by atoms with Crippen molar-refractivity contribution < 1.29 is 4.79 Å². The van der Waals surface area contributed by atoms with E-state index in [9.17, 15) is 4.79 Å². The molecule has 0 spiro atoms. The molecule has 24 heavy (non-hydrogen) atoms. The zero-order valence-electron chi connectivity index (χ0n) is 13.5. The summed E-state index contributed by atoms with van der Waals surface area (Å²) >= 11 is 1.56. The van der Waals surface area contributed by atoms with Gasteiger partial charge in [-0.3, -0.25) is 4.79 Å². The Morgan fingerprint density at radius 1 is 0.833 bits per heavy atom. The quantitative estimate of drug-likeness (QED) is 0.628.